The fraction of sp³-hybridized carbons (Fsp3) is 0.250. The zero-order valence-electron chi connectivity index (χ0n) is 15.4. The van der Waals surface area contributed by atoms with Gasteiger partial charge >= 0.3 is 6.03 Å². The molecule has 1 unspecified atom stereocenters. The molecule has 2 N–H and O–H groups in total. The summed E-state index contributed by atoms with van der Waals surface area (Å²) >= 11 is 12.0. The second-order valence-electron chi connectivity index (χ2n) is 6.60. The molecule has 1 heterocycles. The Kier molecular flexibility index (Phi) is 5.63. The van der Waals surface area contributed by atoms with Crippen molar-refractivity contribution in [3.8, 4) is 0 Å². The minimum absolute atomic E-state index is 0.338. The molecule has 0 aliphatic carbocycles. The zero-order valence-corrected chi connectivity index (χ0v) is 16.9. The summed E-state index contributed by atoms with van der Waals surface area (Å²) in [4.78, 5) is 38.8. The molecule has 0 radical (unpaired) electrons. The Bertz CT molecular complexity index is 946. The van der Waals surface area contributed by atoms with E-state index in [9.17, 15) is 14.4 Å². The van der Waals surface area contributed by atoms with Crippen LogP contribution in [0.2, 0.25) is 10.0 Å². The van der Waals surface area contributed by atoms with Crippen molar-refractivity contribution in [3.63, 3.8) is 0 Å². The van der Waals surface area contributed by atoms with Gasteiger partial charge < -0.3 is 10.6 Å². The van der Waals surface area contributed by atoms with Gasteiger partial charge in [0.2, 0.25) is 5.91 Å². The summed E-state index contributed by atoms with van der Waals surface area (Å²) in [6.45, 7) is 3.25. The van der Waals surface area contributed by atoms with Gasteiger partial charge in [0.05, 0.1) is 0 Å². The number of halogens is 2. The lowest BCUT2D eigenvalue weighted by Gasteiger charge is -2.25. The molecule has 8 heteroatoms. The fourth-order valence-electron chi connectivity index (χ4n) is 3.16. The van der Waals surface area contributed by atoms with Gasteiger partial charge in [-0.1, -0.05) is 48.3 Å². The second-order valence-corrected chi connectivity index (χ2v) is 7.44. The van der Waals surface area contributed by atoms with Crippen LogP contribution in [0.1, 0.15) is 24.5 Å². The largest absolute Gasteiger partial charge is 0.325 e. The van der Waals surface area contributed by atoms with Crippen LogP contribution in [0.3, 0.4) is 0 Å². The number of anilines is 1. The quantitative estimate of drug-likeness (QED) is 0.715. The molecule has 0 aromatic heterocycles. The molecule has 0 saturated carbocycles. The number of carbonyl (C=O) groups excluding carboxylic acids is 3. The number of amides is 4. The van der Waals surface area contributed by atoms with Gasteiger partial charge in [-0.05, 0) is 48.7 Å². The van der Waals surface area contributed by atoms with Crippen LogP contribution in [0.4, 0.5) is 10.5 Å². The number of benzene rings is 2. The van der Waals surface area contributed by atoms with E-state index >= 15 is 0 Å². The summed E-state index contributed by atoms with van der Waals surface area (Å²) in [5.41, 5.74) is 0.775. The van der Waals surface area contributed by atoms with Crippen molar-refractivity contribution in [1.29, 1.82) is 0 Å². The number of nitrogens with zero attached hydrogens (tertiary/aromatic N) is 1. The molecule has 28 heavy (non-hydrogen) atoms. The van der Waals surface area contributed by atoms with Crippen molar-refractivity contribution in [3.05, 3.63) is 63.6 Å². The third-order valence-electron chi connectivity index (χ3n) is 4.80. The van der Waals surface area contributed by atoms with Gasteiger partial charge in [-0.25, -0.2) is 4.79 Å². The number of aryl methyl sites for hydroxylation is 1. The van der Waals surface area contributed by atoms with Crippen LogP contribution in [-0.2, 0) is 15.1 Å². The minimum Gasteiger partial charge on any atom is -0.324 e. The summed E-state index contributed by atoms with van der Waals surface area (Å²) in [5, 5.41) is 6.43. The topological polar surface area (TPSA) is 78.5 Å². The van der Waals surface area contributed by atoms with Gasteiger partial charge in [0.15, 0.2) is 0 Å². The maximum absolute atomic E-state index is 13.0. The summed E-state index contributed by atoms with van der Waals surface area (Å²) in [6, 6.07) is 11.2. The minimum atomic E-state index is -1.21. The zero-order chi connectivity index (χ0) is 20.5. The van der Waals surface area contributed by atoms with Crippen molar-refractivity contribution >= 4 is 46.7 Å². The number of rotatable bonds is 5. The van der Waals surface area contributed by atoms with Crippen molar-refractivity contribution < 1.29 is 14.4 Å². The normalized spacial score (nSPS) is 18.9. The molecule has 2 aromatic rings. The first-order chi connectivity index (χ1) is 13.3. The summed E-state index contributed by atoms with van der Waals surface area (Å²) in [7, 11) is 0. The molecule has 0 spiro atoms. The lowest BCUT2D eigenvalue weighted by Crippen LogP contribution is -2.44. The Hall–Kier alpha value is -2.57. The highest BCUT2D eigenvalue weighted by Gasteiger charge is 2.51. The summed E-state index contributed by atoms with van der Waals surface area (Å²) < 4.78 is 0. The molecule has 6 nitrogen and oxygen atoms in total. The van der Waals surface area contributed by atoms with E-state index in [1.807, 2.05) is 6.92 Å². The third kappa shape index (κ3) is 3.70. The standard InChI is InChI=1S/C20H19Cl2N3O3/c1-3-20(13-5-7-14(21)8-6-13)18(27)25(19(28)24-20)11-17(26)23-15-9-4-12(2)16(22)10-15/h4-10H,3,11H2,1-2H3,(H,23,26)(H,24,28). The lowest BCUT2D eigenvalue weighted by molar-refractivity contribution is -0.134. The molecule has 3 rings (SSSR count). The predicted octanol–water partition coefficient (Wildman–Crippen LogP) is 4.10. The number of hydrogen-bond donors (Lipinski definition) is 2. The van der Waals surface area contributed by atoms with Gasteiger partial charge in [0.25, 0.3) is 5.91 Å². The van der Waals surface area contributed by atoms with Crippen LogP contribution >= 0.6 is 23.2 Å². The van der Waals surface area contributed by atoms with E-state index < -0.39 is 29.9 Å². The fourth-order valence-corrected chi connectivity index (χ4v) is 3.46. The molecule has 1 aliphatic rings. The van der Waals surface area contributed by atoms with E-state index in [4.69, 9.17) is 23.2 Å². The maximum atomic E-state index is 13.0. The number of carbonyl (C=O) groups is 3. The first-order valence-corrected chi connectivity index (χ1v) is 9.48. The van der Waals surface area contributed by atoms with E-state index in [1.165, 1.54) is 0 Å². The second kappa shape index (κ2) is 7.81. The maximum Gasteiger partial charge on any atom is 0.325 e. The van der Waals surface area contributed by atoms with E-state index in [2.05, 4.69) is 10.6 Å². The molecule has 146 valence electrons. The van der Waals surface area contributed by atoms with Crippen LogP contribution in [0, 0.1) is 6.92 Å². The van der Waals surface area contributed by atoms with Gasteiger partial charge in [0.1, 0.15) is 12.1 Å². The lowest BCUT2D eigenvalue weighted by atomic mass is 9.87. The van der Waals surface area contributed by atoms with Crippen molar-refractivity contribution in [1.82, 2.24) is 10.2 Å². The molecule has 1 fully saturated rings. The summed E-state index contributed by atoms with van der Waals surface area (Å²) in [6.07, 6.45) is 0.338. The monoisotopic (exact) mass is 419 g/mol. The smallest absolute Gasteiger partial charge is 0.324 e. The summed E-state index contributed by atoms with van der Waals surface area (Å²) in [5.74, 6) is -0.967. The Morgan fingerprint density at radius 1 is 1.14 bits per heavy atom. The van der Waals surface area contributed by atoms with Gasteiger partial charge in [-0.3, -0.25) is 14.5 Å². The van der Waals surface area contributed by atoms with Gasteiger partial charge in [0, 0.05) is 15.7 Å². The first kappa shape index (κ1) is 20.2. The molecular weight excluding hydrogens is 401 g/mol. The molecular formula is C20H19Cl2N3O3. The Morgan fingerprint density at radius 2 is 1.82 bits per heavy atom. The van der Waals surface area contributed by atoms with Crippen LogP contribution in [0.5, 0.6) is 0 Å². The van der Waals surface area contributed by atoms with Crippen LogP contribution in [0.25, 0.3) is 0 Å². The van der Waals surface area contributed by atoms with Crippen LogP contribution in [-0.4, -0.2) is 29.3 Å². The number of nitrogens with one attached hydrogen (secondary N) is 2. The molecule has 1 saturated heterocycles. The molecule has 2 aromatic carbocycles. The molecule has 1 aliphatic heterocycles. The van der Waals surface area contributed by atoms with Crippen LogP contribution < -0.4 is 10.6 Å². The van der Waals surface area contributed by atoms with E-state index in [-0.39, 0.29) is 0 Å². The Balaban J connectivity index is 1.78. The van der Waals surface area contributed by atoms with E-state index in [0.29, 0.717) is 27.7 Å². The van der Waals surface area contributed by atoms with Crippen molar-refractivity contribution in [2.24, 2.45) is 0 Å². The highest BCUT2D eigenvalue weighted by atomic mass is 35.5. The number of imide groups is 1. The SMILES string of the molecule is CCC1(c2ccc(Cl)cc2)NC(=O)N(CC(=O)Nc2ccc(C)c(Cl)c2)C1=O. The number of hydrogen-bond acceptors (Lipinski definition) is 3. The average Bonchev–Trinajstić information content (AvgIpc) is 2.90. The highest BCUT2D eigenvalue weighted by molar-refractivity contribution is 6.31. The van der Waals surface area contributed by atoms with Crippen LogP contribution in [0.15, 0.2) is 42.5 Å². The van der Waals surface area contributed by atoms with Gasteiger partial charge in [-0.15, -0.1) is 0 Å². The Morgan fingerprint density at radius 3 is 2.43 bits per heavy atom. The molecule has 0 bridgehead atoms. The van der Waals surface area contributed by atoms with Gasteiger partial charge in [-0.2, -0.15) is 0 Å². The van der Waals surface area contributed by atoms with E-state index in [0.717, 1.165) is 10.5 Å². The van der Waals surface area contributed by atoms with Crippen molar-refractivity contribution in [2.45, 2.75) is 25.8 Å². The highest BCUT2D eigenvalue weighted by Crippen LogP contribution is 2.33. The third-order valence-corrected chi connectivity index (χ3v) is 5.46. The molecule has 1 atom stereocenters. The Labute approximate surface area is 172 Å². The first-order valence-electron chi connectivity index (χ1n) is 8.73. The molecule has 4 amide bonds. The van der Waals surface area contributed by atoms with Crippen molar-refractivity contribution in [2.75, 3.05) is 11.9 Å². The predicted molar refractivity (Wildman–Crippen MR) is 108 cm³/mol. The van der Waals surface area contributed by atoms with E-state index in [1.54, 1.807) is 49.4 Å². The number of urea groups is 1. The average molecular weight is 420 g/mol.